The fourth-order valence-electron chi connectivity index (χ4n) is 14.7. The number of nitrogens with one attached hydrogen (secondary N) is 2. The van der Waals surface area contributed by atoms with Gasteiger partial charge in [-0.05, 0) is 158 Å². The van der Waals surface area contributed by atoms with Crippen LogP contribution in [0.4, 0.5) is 71.0 Å². The second-order valence-electron chi connectivity index (χ2n) is 26.0. The zero-order valence-electron chi connectivity index (χ0n) is 57.2. The highest BCUT2D eigenvalue weighted by molar-refractivity contribution is 6.10. The number of oxazole rings is 1. The lowest BCUT2D eigenvalue weighted by atomic mass is 9.88. The molecule has 0 spiro atoms. The predicted octanol–water partition coefficient (Wildman–Crippen LogP) is 15.1. The van der Waals surface area contributed by atoms with Crippen molar-refractivity contribution in [3.8, 4) is 29.5 Å². The van der Waals surface area contributed by atoms with Gasteiger partial charge in [0.25, 0.3) is 0 Å². The van der Waals surface area contributed by atoms with Crippen LogP contribution in [-0.2, 0) is 50.7 Å². The van der Waals surface area contributed by atoms with Crippen LogP contribution in [-0.4, -0.2) is 103 Å². The van der Waals surface area contributed by atoms with E-state index in [0.29, 0.717) is 105 Å². The maximum absolute atomic E-state index is 13.7. The highest BCUT2D eigenvalue weighted by Crippen LogP contribution is 2.51. The van der Waals surface area contributed by atoms with Gasteiger partial charge >= 0.3 is 36.6 Å². The van der Waals surface area contributed by atoms with Gasteiger partial charge in [0.1, 0.15) is 0 Å². The Bertz CT molecular complexity index is 4940. The molecule has 7 aromatic rings. The Hall–Kier alpha value is -11.7. The zero-order chi connectivity index (χ0) is 75.8. The number of benzene rings is 6. The fourth-order valence-corrected chi connectivity index (χ4v) is 14.7. The molecule has 7 aliphatic rings. The van der Waals surface area contributed by atoms with Crippen molar-refractivity contribution in [3.63, 3.8) is 0 Å². The highest BCUT2D eigenvalue weighted by Gasteiger charge is 2.50. The maximum atomic E-state index is 13.7. The van der Waals surface area contributed by atoms with Crippen LogP contribution in [0.15, 0.2) is 178 Å². The molecule has 106 heavy (non-hydrogen) atoms. The van der Waals surface area contributed by atoms with Crippen molar-refractivity contribution in [2.45, 2.75) is 107 Å². The van der Waals surface area contributed by atoms with Gasteiger partial charge in [0.15, 0.2) is 29.5 Å². The number of nitrogens with zero attached hydrogens (tertiary/aromatic N) is 10. The van der Waals surface area contributed by atoms with Crippen molar-refractivity contribution in [3.05, 3.63) is 235 Å². The minimum Gasteiger partial charge on any atom is -0.444 e. The number of ketones is 3. The van der Waals surface area contributed by atoms with E-state index < -0.39 is 71.4 Å². The van der Waals surface area contributed by atoms with E-state index in [1.165, 1.54) is 92.5 Å². The number of hydrogen-bond acceptors (Lipinski definition) is 14. The summed E-state index contributed by atoms with van der Waals surface area (Å²) >= 11 is 0. The maximum Gasteiger partial charge on any atom is 0.416 e. The number of nitriles is 3. The Kier molecular flexibility index (Phi) is 20.8. The molecule has 1 fully saturated rings. The summed E-state index contributed by atoms with van der Waals surface area (Å²) in [4.78, 5) is 91.7. The van der Waals surface area contributed by atoms with Crippen LogP contribution in [0.25, 0.3) is 11.3 Å². The first-order valence-electron chi connectivity index (χ1n) is 33.5. The van der Waals surface area contributed by atoms with E-state index in [-0.39, 0.29) is 79.0 Å². The molecule has 1 saturated heterocycles. The number of aromatic nitrogens is 1. The van der Waals surface area contributed by atoms with Crippen molar-refractivity contribution >= 4 is 52.5 Å². The molecule has 3 aliphatic carbocycles. The van der Waals surface area contributed by atoms with Crippen LogP contribution >= 0.6 is 0 Å². The number of carbonyl (C=O) groups excluding carboxylic acids is 6. The molecular weight excluding hydrogens is 1390 g/mol. The topological polar surface area (TPSA) is 253 Å². The minimum absolute atomic E-state index is 0.0348. The molecule has 6 aromatic carbocycles. The summed E-state index contributed by atoms with van der Waals surface area (Å²) in [6.07, 6.45) is -8.09. The van der Waals surface area contributed by atoms with E-state index in [1.54, 1.807) is 68.7 Å². The van der Waals surface area contributed by atoms with Gasteiger partial charge in [0.2, 0.25) is 0 Å². The summed E-state index contributed by atoms with van der Waals surface area (Å²) < 4.78 is 131. The Morgan fingerprint density at radius 3 is 1.21 bits per heavy atom. The van der Waals surface area contributed by atoms with Gasteiger partial charge in [-0.25, -0.2) is 19.4 Å². The lowest BCUT2D eigenvalue weighted by Gasteiger charge is -2.41. The molecule has 3 unspecified atom stereocenters. The molecule has 6 amide bonds. The van der Waals surface area contributed by atoms with Crippen LogP contribution in [0.5, 0.6) is 0 Å². The minimum atomic E-state index is -4.58. The number of anilines is 3. The van der Waals surface area contributed by atoms with E-state index in [9.17, 15) is 84.1 Å². The van der Waals surface area contributed by atoms with Crippen LogP contribution in [0.3, 0.4) is 0 Å². The number of ether oxygens (including phenoxy) is 1. The summed E-state index contributed by atoms with van der Waals surface area (Å²) in [5, 5.41) is 34.7. The number of halogens is 9. The van der Waals surface area contributed by atoms with Crippen molar-refractivity contribution in [1.29, 1.82) is 15.8 Å². The fraction of sp³-hybridized carbons (Fsp3) is 0.299. The first-order chi connectivity index (χ1) is 50.6. The first kappa shape index (κ1) is 74.0. The Morgan fingerprint density at radius 2 is 0.849 bits per heavy atom. The second-order valence-corrected chi connectivity index (χ2v) is 26.0. The molecule has 3 atom stereocenters. The smallest absolute Gasteiger partial charge is 0.416 e. The number of alkyl halides is 9. The van der Waals surface area contributed by atoms with E-state index >= 15 is 0 Å². The van der Waals surface area contributed by atoms with Gasteiger partial charge in [-0.2, -0.15) is 55.3 Å². The van der Waals surface area contributed by atoms with Gasteiger partial charge in [-0.3, -0.25) is 29.1 Å². The van der Waals surface area contributed by atoms with Crippen LogP contribution in [0.2, 0.25) is 0 Å². The van der Waals surface area contributed by atoms with Gasteiger partial charge in [0.05, 0.1) is 93.0 Å². The SMILES string of the molecule is CN1C(=O)N(c2cccc(C(F)(F)F)c2)C2=C(C(=O)CC2)C1c1ccc(C#N)cc1-c1cnco1.CN1C(=O)N(c2cccc(C(F)(F)F)c2)C2=C(C(=O)CC2)C1c1ccc(C#N)cc1CNC1CCOCC1.CNCc1cc(C#N)ccc1C1C2=C(CCC2=O)N(c2cccc(C(F)(F)F)c2)C(=O)N1C. The van der Waals surface area contributed by atoms with Gasteiger partial charge in [-0.1, -0.05) is 36.4 Å². The third kappa shape index (κ3) is 14.4. The zero-order valence-corrected chi connectivity index (χ0v) is 57.2. The van der Waals surface area contributed by atoms with E-state index in [0.717, 1.165) is 60.4 Å². The standard InChI is InChI=1S/C28H27F3N4O3.C25H17F3N4O3.C24H21F3N4O2/c1-34-26(22-6-5-17(15-32)13-18(22)16-33-20-9-11-38-12-10-20)25-23(7-8-24(25)36)35(27(34)37)21-4-2-3-19(14-21)28(29,30)31;1-31-23(17-6-5-14(11-29)9-18(17)21-12-30-13-35-21)22-19(7-8-20(22)33)32(24(31)34)16-4-2-3-15(10-16)25(26,27)28;1-29-13-15-10-14(12-28)6-7-18(15)22-21-19(8-9-20(21)32)31(23(33)30(22)2)17-5-3-4-16(11-17)24(25,26)27/h2-6,13-14,20,26,33H,7-12,16H2,1H3;2-6,9-10,12-13,23H,7-8H2,1H3;3-7,10-11,22,29H,8-9,13H2,1-2H3. The third-order valence-electron chi connectivity index (χ3n) is 19.6. The number of allylic oxidation sites excluding steroid dienone is 3. The van der Waals surface area contributed by atoms with Gasteiger partial charge in [-0.15, -0.1) is 0 Å². The molecule has 544 valence electrons. The van der Waals surface area contributed by atoms with Crippen molar-refractivity contribution in [2.24, 2.45) is 0 Å². The van der Waals surface area contributed by atoms with Gasteiger partial charge in [0, 0.05) is 112 Å². The number of urea groups is 3. The lowest BCUT2D eigenvalue weighted by molar-refractivity contribution is -0.138. The molecule has 5 heterocycles. The lowest BCUT2D eigenvalue weighted by Crippen LogP contribution is -2.48. The number of hydrogen-bond donors (Lipinski definition) is 2. The normalized spacial score (nSPS) is 19.2. The summed E-state index contributed by atoms with van der Waals surface area (Å²) in [7, 11) is 6.33. The second kappa shape index (κ2) is 29.8. The number of carbonyl (C=O) groups is 6. The van der Waals surface area contributed by atoms with Crippen molar-refractivity contribution in [1.82, 2.24) is 30.3 Å². The van der Waals surface area contributed by atoms with E-state index in [4.69, 9.17) is 9.15 Å². The summed E-state index contributed by atoms with van der Waals surface area (Å²) in [6.45, 7) is 2.18. The number of likely N-dealkylation sites (N-methyl/N-ethyl adjacent to an activating group) is 3. The van der Waals surface area contributed by atoms with Crippen LogP contribution in [0, 0.1) is 34.0 Å². The predicted molar refractivity (Wildman–Crippen MR) is 366 cm³/mol. The van der Waals surface area contributed by atoms with Crippen molar-refractivity contribution < 1.29 is 77.4 Å². The largest absolute Gasteiger partial charge is 0.444 e. The molecule has 14 rings (SSSR count). The molecule has 0 saturated carbocycles. The Labute approximate surface area is 601 Å². The van der Waals surface area contributed by atoms with E-state index in [1.807, 2.05) is 0 Å². The molecule has 0 bridgehead atoms. The molecule has 20 nitrogen and oxygen atoms in total. The quantitative estimate of drug-likeness (QED) is 0.108. The number of Topliss-reactive ketones (excluding diaryl/α,β-unsaturated/α-hetero) is 3. The van der Waals surface area contributed by atoms with E-state index in [2.05, 4.69) is 33.8 Å². The summed E-state index contributed by atoms with van der Waals surface area (Å²) in [6, 6.07) is 31.4. The molecular formula is C77H65F9N12O8. The summed E-state index contributed by atoms with van der Waals surface area (Å²) in [5.74, 6) is -0.139. The van der Waals surface area contributed by atoms with Gasteiger partial charge < -0.3 is 34.5 Å². The molecule has 29 heteroatoms. The molecule has 0 radical (unpaired) electrons. The number of rotatable bonds is 12. The first-order valence-corrected chi connectivity index (χ1v) is 33.5. The molecule has 2 N–H and O–H groups in total. The van der Waals surface area contributed by atoms with Crippen molar-refractivity contribution in [2.75, 3.05) is 56.1 Å². The third-order valence-corrected chi connectivity index (χ3v) is 19.6. The number of amides is 6. The molecule has 1 aromatic heterocycles. The average Bonchev–Trinajstić information content (AvgIpc) is 1.45. The Balaban J connectivity index is 0.000000149. The summed E-state index contributed by atoms with van der Waals surface area (Å²) in [5.41, 5.74) is 5.16. The van der Waals surface area contributed by atoms with Crippen LogP contribution < -0.4 is 25.3 Å². The highest BCUT2D eigenvalue weighted by atomic mass is 19.4. The Morgan fingerprint density at radius 1 is 0.481 bits per heavy atom. The monoisotopic (exact) mass is 1460 g/mol. The van der Waals surface area contributed by atoms with Crippen LogP contribution in [0.1, 0.15) is 131 Å². The molecule has 4 aliphatic heterocycles. The average molecular weight is 1460 g/mol.